The Morgan fingerprint density at radius 3 is 1.45 bits per heavy atom. The van der Waals surface area contributed by atoms with E-state index in [4.69, 9.17) is 9.47 Å². The second kappa shape index (κ2) is 11.3. The molecule has 3 aromatic carbocycles. The van der Waals surface area contributed by atoms with Gasteiger partial charge in [-0.2, -0.15) is 0 Å². The van der Waals surface area contributed by atoms with Crippen LogP contribution in [0.5, 0.6) is 0 Å². The molecule has 172 valence electrons. The van der Waals surface area contributed by atoms with Gasteiger partial charge in [-0.15, -0.1) is 0 Å². The van der Waals surface area contributed by atoms with E-state index in [9.17, 15) is 9.59 Å². The first kappa shape index (κ1) is 24.1. The number of benzene rings is 3. The molecule has 0 atom stereocenters. The van der Waals surface area contributed by atoms with E-state index in [1.54, 1.807) is 0 Å². The van der Waals surface area contributed by atoms with Crippen LogP contribution in [-0.2, 0) is 31.9 Å². The van der Waals surface area contributed by atoms with Crippen LogP contribution in [0.4, 0.5) is 17.1 Å². The van der Waals surface area contributed by atoms with Crippen LogP contribution in [-0.4, -0.2) is 26.2 Å². The number of esters is 2. The third-order valence-electron chi connectivity index (χ3n) is 5.83. The third kappa shape index (κ3) is 6.45. The molecule has 0 aliphatic heterocycles. The van der Waals surface area contributed by atoms with Crippen molar-refractivity contribution in [1.82, 2.24) is 0 Å². The van der Waals surface area contributed by atoms with Crippen LogP contribution < -0.4 is 4.90 Å². The monoisotopic (exact) mass is 445 g/mol. The number of aryl methyl sites for hydroxylation is 4. The second-order valence-corrected chi connectivity index (χ2v) is 8.09. The predicted molar refractivity (Wildman–Crippen MR) is 131 cm³/mol. The van der Waals surface area contributed by atoms with E-state index in [2.05, 4.69) is 85.5 Å². The van der Waals surface area contributed by atoms with Gasteiger partial charge in [-0.25, -0.2) is 0 Å². The van der Waals surface area contributed by atoms with E-state index in [1.165, 1.54) is 25.3 Å². The van der Waals surface area contributed by atoms with Gasteiger partial charge in [-0.05, 0) is 85.3 Å². The first-order valence-corrected chi connectivity index (χ1v) is 11.1. The minimum atomic E-state index is -0.205. The van der Waals surface area contributed by atoms with Gasteiger partial charge in [0.05, 0.1) is 14.2 Å². The zero-order valence-electron chi connectivity index (χ0n) is 19.8. The topological polar surface area (TPSA) is 55.8 Å². The molecule has 0 aliphatic carbocycles. The van der Waals surface area contributed by atoms with Gasteiger partial charge in [0, 0.05) is 29.9 Å². The molecule has 5 nitrogen and oxygen atoms in total. The molecule has 0 fully saturated rings. The Hall–Kier alpha value is -3.60. The van der Waals surface area contributed by atoms with E-state index in [1.807, 2.05) is 0 Å². The number of rotatable bonds is 9. The lowest BCUT2D eigenvalue weighted by molar-refractivity contribution is -0.141. The number of methoxy groups -OCH3 is 2. The van der Waals surface area contributed by atoms with Gasteiger partial charge in [-0.1, -0.05) is 30.3 Å². The van der Waals surface area contributed by atoms with E-state index < -0.39 is 0 Å². The fourth-order valence-electron chi connectivity index (χ4n) is 3.63. The first-order chi connectivity index (χ1) is 15.9. The second-order valence-electron chi connectivity index (χ2n) is 8.09. The molecule has 0 bridgehead atoms. The number of ether oxygens (including phenoxy) is 2. The highest BCUT2D eigenvalue weighted by atomic mass is 16.5. The van der Waals surface area contributed by atoms with E-state index in [-0.39, 0.29) is 11.9 Å². The summed E-state index contributed by atoms with van der Waals surface area (Å²) in [4.78, 5) is 25.1. The summed E-state index contributed by atoms with van der Waals surface area (Å²) in [6.45, 7) is 4.22. The van der Waals surface area contributed by atoms with Crippen molar-refractivity contribution in [2.45, 2.75) is 39.5 Å². The van der Waals surface area contributed by atoms with Crippen LogP contribution in [0.15, 0.2) is 66.7 Å². The van der Waals surface area contributed by atoms with Crippen molar-refractivity contribution in [3.05, 3.63) is 89.0 Å². The SMILES string of the molecule is COC(=O)CCc1ccc(N(c2ccc(CCC(=O)OC)cc2)c2ccc(C)c(C)c2)cc1. The van der Waals surface area contributed by atoms with Crippen molar-refractivity contribution >= 4 is 29.0 Å². The average Bonchev–Trinajstić information content (AvgIpc) is 2.84. The molecule has 0 aromatic heterocycles. The molecule has 3 aromatic rings. The normalized spacial score (nSPS) is 10.5. The van der Waals surface area contributed by atoms with Crippen LogP contribution >= 0.6 is 0 Å². The standard InChI is InChI=1S/C28H31NO4/c1-20-5-12-26(19-21(20)2)29(24-13-6-22(7-14-24)10-17-27(30)32-3)25-15-8-23(9-16-25)11-18-28(31)33-4/h5-9,12-16,19H,10-11,17-18H2,1-4H3. The van der Waals surface area contributed by atoms with Crippen LogP contribution in [0.25, 0.3) is 0 Å². The summed E-state index contributed by atoms with van der Waals surface area (Å²) in [6, 6.07) is 23.0. The predicted octanol–water partition coefficient (Wildman–Crippen LogP) is 5.98. The number of hydrogen-bond donors (Lipinski definition) is 0. The Balaban J connectivity index is 1.89. The summed E-state index contributed by atoms with van der Waals surface area (Å²) < 4.78 is 9.49. The highest BCUT2D eigenvalue weighted by molar-refractivity contribution is 5.77. The van der Waals surface area contributed by atoms with Gasteiger partial charge >= 0.3 is 11.9 Å². The number of nitrogens with zero attached hydrogens (tertiary/aromatic N) is 1. The molecular weight excluding hydrogens is 414 g/mol. The molecule has 0 saturated heterocycles. The Morgan fingerprint density at radius 2 is 1.06 bits per heavy atom. The number of anilines is 3. The molecule has 0 heterocycles. The lowest BCUT2D eigenvalue weighted by Gasteiger charge is -2.26. The number of hydrogen-bond acceptors (Lipinski definition) is 5. The summed E-state index contributed by atoms with van der Waals surface area (Å²) >= 11 is 0. The van der Waals surface area contributed by atoms with Gasteiger partial charge in [0.1, 0.15) is 0 Å². The Bertz CT molecular complexity index is 1020. The summed E-state index contributed by atoms with van der Waals surface area (Å²) in [5.74, 6) is -0.411. The van der Waals surface area contributed by atoms with Crippen LogP contribution in [0, 0.1) is 13.8 Å². The summed E-state index contributed by atoms with van der Waals surface area (Å²) in [5, 5.41) is 0. The molecule has 0 amide bonds. The Kier molecular flexibility index (Phi) is 8.25. The van der Waals surface area contributed by atoms with Gasteiger partial charge in [0.25, 0.3) is 0 Å². The number of carbonyl (C=O) groups excluding carboxylic acids is 2. The van der Waals surface area contributed by atoms with Gasteiger partial charge in [0.15, 0.2) is 0 Å². The first-order valence-electron chi connectivity index (χ1n) is 11.1. The van der Waals surface area contributed by atoms with Crippen molar-refractivity contribution in [2.24, 2.45) is 0 Å². The third-order valence-corrected chi connectivity index (χ3v) is 5.83. The van der Waals surface area contributed by atoms with E-state index in [0.717, 1.165) is 28.2 Å². The minimum absolute atomic E-state index is 0.205. The van der Waals surface area contributed by atoms with E-state index >= 15 is 0 Å². The lowest BCUT2D eigenvalue weighted by Crippen LogP contribution is -2.11. The maximum absolute atomic E-state index is 11.5. The van der Waals surface area contributed by atoms with Crippen LogP contribution in [0.1, 0.15) is 35.1 Å². The zero-order valence-corrected chi connectivity index (χ0v) is 19.8. The maximum Gasteiger partial charge on any atom is 0.305 e. The van der Waals surface area contributed by atoms with Crippen molar-refractivity contribution in [1.29, 1.82) is 0 Å². The highest BCUT2D eigenvalue weighted by Crippen LogP contribution is 2.35. The smallest absolute Gasteiger partial charge is 0.305 e. The Morgan fingerprint density at radius 1 is 0.636 bits per heavy atom. The molecule has 5 heteroatoms. The molecule has 3 rings (SSSR count). The molecular formula is C28H31NO4. The summed E-state index contributed by atoms with van der Waals surface area (Å²) in [7, 11) is 2.82. The van der Waals surface area contributed by atoms with E-state index in [0.29, 0.717) is 25.7 Å². The quantitative estimate of drug-likeness (QED) is 0.379. The van der Waals surface area contributed by atoms with Crippen molar-refractivity contribution < 1.29 is 19.1 Å². The Labute approximate surface area is 196 Å². The lowest BCUT2D eigenvalue weighted by atomic mass is 10.1. The molecule has 0 N–H and O–H groups in total. The van der Waals surface area contributed by atoms with Crippen LogP contribution in [0.2, 0.25) is 0 Å². The highest BCUT2D eigenvalue weighted by Gasteiger charge is 2.14. The average molecular weight is 446 g/mol. The number of carbonyl (C=O) groups is 2. The van der Waals surface area contributed by atoms with Gasteiger partial charge < -0.3 is 14.4 Å². The largest absolute Gasteiger partial charge is 0.469 e. The van der Waals surface area contributed by atoms with Crippen molar-refractivity contribution in [3.8, 4) is 0 Å². The molecule has 0 unspecified atom stereocenters. The van der Waals surface area contributed by atoms with Gasteiger partial charge in [0.2, 0.25) is 0 Å². The van der Waals surface area contributed by atoms with Crippen molar-refractivity contribution in [3.63, 3.8) is 0 Å². The van der Waals surface area contributed by atoms with Crippen molar-refractivity contribution in [2.75, 3.05) is 19.1 Å². The summed E-state index contributed by atoms with van der Waals surface area (Å²) in [6.07, 6.45) is 2.02. The molecule has 0 radical (unpaired) electrons. The fraction of sp³-hybridized carbons (Fsp3) is 0.286. The minimum Gasteiger partial charge on any atom is -0.469 e. The summed E-state index contributed by atoms with van der Waals surface area (Å²) in [5.41, 5.74) is 7.77. The molecule has 0 spiro atoms. The molecule has 33 heavy (non-hydrogen) atoms. The molecule has 0 saturated carbocycles. The zero-order chi connectivity index (χ0) is 23.8. The fourth-order valence-corrected chi connectivity index (χ4v) is 3.63. The maximum atomic E-state index is 11.5. The van der Waals surface area contributed by atoms with Gasteiger partial charge in [-0.3, -0.25) is 9.59 Å². The van der Waals surface area contributed by atoms with Crippen LogP contribution in [0.3, 0.4) is 0 Å². The molecule has 0 aliphatic rings.